The van der Waals surface area contributed by atoms with Crippen molar-refractivity contribution < 1.29 is 5.11 Å². The molecule has 2 atom stereocenters. The Morgan fingerprint density at radius 3 is 2.58 bits per heavy atom. The maximum atomic E-state index is 9.09. The summed E-state index contributed by atoms with van der Waals surface area (Å²) in [5.41, 5.74) is 0.0960. The molecule has 0 aromatic rings. The van der Waals surface area contributed by atoms with Gasteiger partial charge in [0.15, 0.2) is 0 Å². The summed E-state index contributed by atoms with van der Waals surface area (Å²) in [7, 11) is 0. The Balaban J connectivity index is 3.86. The lowest BCUT2D eigenvalue weighted by Crippen LogP contribution is -2.44. The number of nitrogens with one attached hydrogen (secondary N) is 1. The maximum Gasteiger partial charge on any atom is 0.0636 e. The highest BCUT2D eigenvalue weighted by Crippen LogP contribution is 2.14. The maximum absolute atomic E-state index is 9.09. The molecule has 12 heavy (non-hydrogen) atoms. The standard InChI is InChI=1S/C10H21NO/c1-5-7-10(4,6-2)11-8-9(3)12/h5,9,11-12H,1,6-8H2,2-4H3/t9-,10?/m1/s1. The summed E-state index contributed by atoms with van der Waals surface area (Å²) in [6, 6.07) is 0. The number of β-amino-alcohol motifs (C(OH)–C–C–N with tert-alkyl or cyclic N) is 1. The molecule has 0 bridgehead atoms. The van der Waals surface area contributed by atoms with E-state index in [2.05, 4.69) is 25.7 Å². The molecular formula is C10H21NO. The molecule has 2 nitrogen and oxygen atoms in total. The van der Waals surface area contributed by atoms with Crippen molar-refractivity contribution >= 4 is 0 Å². The number of hydrogen-bond acceptors (Lipinski definition) is 2. The number of aliphatic hydroxyl groups is 1. The molecule has 0 aliphatic carbocycles. The van der Waals surface area contributed by atoms with E-state index in [0.717, 1.165) is 12.8 Å². The highest BCUT2D eigenvalue weighted by molar-refractivity contribution is 4.89. The highest BCUT2D eigenvalue weighted by Gasteiger charge is 2.19. The van der Waals surface area contributed by atoms with E-state index >= 15 is 0 Å². The molecule has 0 saturated carbocycles. The van der Waals surface area contributed by atoms with Crippen LogP contribution >= 0.6 is 0 Å². The van der Waals surface area contributed by atoms with Gasteiger partial charge in [-0.15, -0.1) is 6.58 Å². The lowest BCUT2D eigenvalue weighted by Gasteiger charge is -2.29. The quantitative estimate of drug-likeness (QED) is 0.596. The zero-order valence-corrected chi connectivity index (χ0v) is 8.43. The van der Waals surface area contributed by atoms with E-state index in [9.17, 15) is 0 Å². The van der Waals surface area contributed by atoms with Crippen LogP contribution in [0.3, 0.4) is 0 Å². The van der Waals surface area contributed by atoms with Crippen molar-refractivity contribution in [1.82, 2.24) is 5.32 Å². The van der Waals surface area contributed by atoms with Crippen molar-refractivity contribution in [3.63, 3.8) is 0 Å². The van der Waals surface area contributed by atoms with E-state index in [1.54, 1.807) is 6.92 Å². The van der Waals surface area contributed by atoms with E-state index in [0.29, 0.717) is 6.54 Å². The summed E-state index contributed by atoms with van der Waals surface area (Å²) < 4.78 is 0. The minimum atomic E-state index is -0.277. The molecule has 72 valence electrons. The third kappa shape index (κ3) is 4.52. The van der Waals surface area contributed by atoms with E-state index < -0.39 is 0 Å². The van der Waals surface area contributed by atoms with Gasteiger partial charge in [0.1, 0.15) is 0 Å². The Bertz CT molecular complexity index is 134. The van der Waals surface area contributed by atoms with Gasteiger partial charge in [0.25, 0.3) is 0 Å². The molecule has 0 aromatic heterocycles. The minimum absolute atomic E-state index is 0.0960. The molecule has 2 N–H and O–H groups in total. The van der Waals surface area contributed by atoms with Crippen LogP contribution in [0.15, 0.2) is 12.7 Å². The van der Waals surface area contributed by atoms with Gasteiger partial charge in [-0.3, -0.25) is 0 Å². The van der Waals surface area contributed by atoms with Crippen LogP contribution in [0.1, 0.15) is 33.6 Å². The fraction of sp³-hybridized carbons (Fsp3) is 0.800. The van der Waals surface area contributed by atoms with Crippen molar-refractivity contribution in [1.29, 1.82) is 0 Å². The molecule has 0 fully saturated rings. The predicted octanol–water partition coefficient (Wildman–Crippen LogP) is 1.70. The van der Waals surface area contributed by atoms with Crippen molar-refractivity contribution in [2.24, 2.45) is 0 Å². The summed E-state index contributed by atoms with van der Waals surface area (Å²) in [5, 5.41) is 12.4. The molecule has 0 aliphatic heterocycles. The van der Waals surface area contributed by atoms with E-state index in [4.69, 9.17) is 5.11 Å². The van der Waals surface area contributed by atoms with Gasteiger partial charge in [0.05, 0.1) is 6.10 Å². The Morgan fingerprint density at radius 1 is 1.67 bits per heavy atom. The van der Waals surface area contributed by atoms with Crippen LogP contribution in [0.5, 0.6) is 0 Å². The number of hydrogen-bond donors (Lipinski definition) is 2. The van der Waals surface area contributed by atoms with Gasteiger partial charge < -0.3 is 10.4 Å². The SMILES string of the molecule is C=CCC(C)(CC)NC[C@@H](C)O. The normalized spacial score (nSPS) is 18.3. The smallest absolute Gasteiger partial charge is 0.0636 e. The average molecular weight is 171 g/mol. The first kappa shape index (κ1) is 11.7. The number of aliphatic hydroxyl groups excluding tert-OH is 1. The summed E-state index contributed by atoms with van der Waals surface area (Å²) in [6.45, 7) is 10.4. The monoisotopic (exact) mass is 171 g/mol. The molecule has 0 aromatic carbocycles. The van der Waals surface area contributed by atoms with Gasteiger partial charge in [-0.1, -0.05) is 13.0 Å². The first-order chi connectivity index (χ1) is 5.54. The van der Waals surface area contributed by atoms with Gasteiger partial charge in [-0.05, 0) is 26.7 Å². The molecule has 0 heterocycles. The zero-order valence-electron chi connectivity index (χ0n) is 8.43. The molecule has 0 aliphatic rings. The average Bonchev–Trinajstić information content (AvgIpc) is 2.02. The van der Waals surface area contributed by atoms with Gasteiger partial charge in [-0.2, -0.15) is 0 Å². The van der Waals surface area contributed by atoms with E-state index in [1.807, 2.05) is 6.08 Å². The van der Waals surface area contributed by atoms with Gasteiger partial charge >= 0.3 is 0 Å². The molecule has 1 unspecified atom stereocenters. The predicted molar refractivity (Wildman–Crippen MR) is 53.2 cm³/mol. The fourth-order valence-electron chi connectivity index (χ4n) is 1.05. The second kappa shape index (κ2) is 5.33. The van der Waals surface area contributed by atoms with Crippen LogP contribution in [0, 0.1) is 0 Å². The van der Waals surface area contributed by atoms with Crippen molar-refractivity contribution in [3.05, 3.63) is 12.7 Å². The summed E-state index contributed by atoms with van der Waals surface area (Å²) in [6.07, 6.45) is 3.63. The van der Waals surface area contributed by atoms with Gasteiger partial charge in [0, 0.05) is 12.1 Å². The fourth-order valence-corrected chi connectivity index (χ4v) is 1.05. The van der Waals surface area contributed by atoms with E-state index in [-0.39, 0.29) is 11.6 Å². The highest BCUT2D eigenvalue weighted by atomic mass is 16.3. The third-order valence-corrected chi connectivity index (χ3v) is 2.20. The third-order valence-electron chi connectivity index (χ3n) is 2.20. The Labute approximate surface area is 75.7 Å². The topological polar surface area (TPSA) is 32.3 Å². The molecule has 0 radical (unpaired) electrons. The summed E-state index contributed by atoms with van der Waals surface area (Å²) in [5.74, 6) is 0. The van der Waals surface area contributed by atoms with Crippen LogP contribution < -0.4 is 5.32 Å². The molecule has 0 amide bonds. The Hall–Kier alpha value is -0.340. The van der Waals surface area contributed by atoms with Crippen LogP contribution in [-0.4, -0.2) is 23.3 Å². The van der Waals surface area contributed by atoms with Gasteiger partial charge in [0.2, 0.25) is 0 Å². The number of rotatable bonds is 6. The van der Waals surface area contributed by atoms with Crippen LogP contribution in [0.25, 0.3) is 0 Å². The summed E-state index contributed by atoms with van der Waals surface area (Å²) in [4.78, 5) is 0. The largest absolute Gasteiger partial charge is 0.392 e. The van der Waals surface area contributed by atoms with Crippen molar-refractivity contribution in [2.45, 2.75) is 45.3 Å². The van der Waals surface area contributed by atoms with Crippen molar-refractivity contribution in [3.8, 4) is 0 Å². The van der Waals surface area contributed by atoms with Gasteiger partial charge in [-0.25, -0.2) is 0 Å². The lowest BCUT2D eigenvalue weighted by atomic mass is 9.94. The minimum Gasteiger partial charge on any atom is -0.392 e. The first-order valence-electron chi connectivity index (χ1n) is 4.58. The van der Waals surface area contributed by atoms with E-state index in [1.165, 1.54) is 0 Å². The lowest BCUT2D eigenvalue weighted by molar-refractivity contribution is 0.172. The van der Waals surface area contributed by atoms with Crippen molar-refractivity contribution in [2.75, 3.05) is 6.54 Å². The molecular weight excluding hydrogens is 150 g/mol. The molecule has 0 spiro atoms. The Morgan fingerprint density at radius 2 is 2.25 bits per heavy atom. The second-order valence-corrected chi connectivity index (χ2v) is 3.64. The van der Waals surface area contributed by atoms with Crippen LogP contribution in [0.2, 0.25) is 0 Å². The van der Waals surface area contributed by atoms with Crippen LogP contribution in [0.4, 0.5) is 0 Å². The molecule has 2 heteroatoms. The zero-order chi connectivity index (χ0) is 9.61. The van der Waals surface area contributed by atoms with Crippen LogP contribution in [-0.2, 0) is 0 Å². The molecule has 0 saturated heterocycles. The second-order valence-electron chi connectivity index (χ2n) is 3.64. The summed E-state index contributed by atoms with van der Waals surface area (Å²) >= 11 is 0. The molecule has 0 rings (SSSR count). The Kier molecular flexibility index (Phi) is 5.18. The first-order valence-corrected chi connectivity index (χ1v) is 4.58.